The summed E-state index contributed by atoms with van der Waals surface area (Å²) in [6.07, 6.45) is 1.38. The number of ether oxygens (including phenoxy) is 2. The van der Waals surface area contributed by atoms with Gasteiger partial charge in [-0.1, -0.05) is 43.0 Å². The molecule has 0 bridgehead atoms. The molecule has 2 aromatic carbocycles. The average molecular weight is 370 g/mol. The van der Waals surface area contributed by atoms with Crippen molar-refractivity contribution >= 4 is 5.97 Å². The summed E-state index contributed by atoms with van der Waals surface area (Å²) in [4.78, 5) is 11.3. The maximum atomic E-state index is 11.3. The Balaban J connectivity index is 0.000000249. The van der Waals surface area contributed by atoms with Gasteiger partial charge in [0.05, 0.1) is 25.4 Å². The van der Waals surface area contributed by atoms with Gasteiger partial charge in [0, 0.05) is 18.1 Å². The molecular weight excluding hydrogens is 344 g/mol. The maximum Gasteiger partial charge on any atom is 0.335 e. The second-order valence-electron chi connectivity index (χ2n) is 6.42. The molecule has 2 aromatic rings. The Labute approximate surface area is 159 Å². The minimum absolute atomic E-state index is 0.00667. The van der Waals surface area contributed by atoms with Gasteiger partial charge in [0.2, 0.25) is 0 Å². The highest BCUT2D eigenvalue weighted by molar-refractivity contribution is 5.85. The fourth-order valence-corrected chi connectivity index (χ4v) is 2.73. The lowest BCUT2D eigenvalue weighted by Crippen LogP contribution is -2.19. The summed E-state index contributed by atoms with van der Waals surface area (Å²) in [5.41, 5.74) is 4.73. The van der Waals surface area contributed by atoms with Crippen molar-refractivity contribution in [3.8, 4) is 16.9 Å². The summed E-state index contributed by atoms with van der Waals surface area (Å²) < 4.78 is 10.2. The highest BCUT2D eigenvalue weighted by atomic mass is 16.5. The van der Waals surface area contributed by atoms with Crippen LogP contribution < -0.4 is 4.74 Å². The molecule has 5 heteroatoms. The topological polar surface area (TPSA) is 76.0 Å². The van der Waals surface area contributed by atoms with Crippen LogP contribution in [-0.4, -0.2) is 41.6 Å². The molecule has 2 N–H and O–H groups in total. The van der Waals surface area contributed by atoms with Gasteiger partial charge in [0.1, 0.15) is 5.75 Å². The van der Waals surface area contributed by atoms with E-state index in [4.69, 9.17) is 19.7 Å². The standard InChI is InChI=1S/C16H12O2.C6H14O3/c1-2-16(17)18-15-9-5-8-13-12-7-4-3-6-11(12)10-14(13)15;1-5(8)4-9-6(2)3-7/h2-9H,1,10H2;5-8H,3-4H2,1-2H3. The highest BCUT2D eigenvalue weighted by Crippen LogP contribution is 2.40. The fourth-order valence-electron chi connectivity index (χ4n) is 2.73. The van der Waals surface area contributed by atoms with E-state index in [1.54, 1.807) is 13.8 Å². The predicted octanol–water partition coefficient (Wildman–Crippen LogP) is 3.11. The van der Waals surface area contributed by atoms with Crippen LogP contribution in [0.3, 0.4) is 0 Å². The Kier molecular flexibility index (Phi) is 7.73. The van der Waals surface area contributed by atoms with Crippen LogP contribution in [0.15, 0.2) is 55.1 Å². The van der Waals surface area contributed by atoms with Crippen molar-refractivity contribution in [2.45, 2.75) is 32.5 Å². The Morgan fingerprint density at radius 2 is 1.89 bits per heavy atom. The number of aliphatic hydroxyl groups excluding tert-OH is 2. The normalized spacial score (nSPS) is 13.5. The monoisotopic (exact) mass is 370 g/mol. The van der Waals surface area contributed by atoms with Crippen LogP contribution in [0, 0.1) is 0 Å². The van der Waals surface area contributed by atoms with Gasteiger partial charge in [0.25, 0.3) is 0 Å². The summed E-state index contributed by atoms with van der Waals surface area (Å²) in [5.74, 6) is 0.216. The van der Waals surface area contributed by atoms with Gasteiger partial charge in [-0.15, -0.1) is 0 Å². The van der Waals surface area contributed by atoms with E-state index in [0.717, 1.165) is 17.5 Å². The Morgan fingerprint density at radius 1 is 1.19 bits per heavy atom. The lowest BCUT2D eigenvalue weighted by atomic mass is 10.1. The van der Waals surface area contributed by atoms with E-state index in [1.807, 2.05) is 24.3 Å². The van der Waals surface area contributed by atoms with E-state index in [1.165, 1.54) is 17.2 Å². The van der Waals surface area contributed by atoms with E-state index < -0.39 is 12.1 Å². The van der Waals surface area contributed by atoms with E-state index in [9.17, 15) is 4.79 Å². The number of rotatable bonds is 6. The minimum atomic E-state index is -0.445. The lowest BCUT2D eigenvalue weighted by Gasteiger charge is -2.10. The van der Waals surface area contributed by atoms with Crippen LogP contribution in [0.2, 0.25) is 0 Å². The fraction of sp³-hybridized carbons (Fsp3) is 0.318. The van der Waals surface area contributed by atoms with Crippen LogP contribution in [0.5, 0.6) is 5.75 Å². The number of hydrogen-bond acceptors (Lipinski definition) is 5. The zero-order valence-corrected chi connectivity index (χ0v) is 15.7. The molecule has 0 saturated heterocycles. The molecule has 5 nitrogen and oxygen atoms in total. The Hall–Kier alpha value is -2.47. The molecule has 0 fully saturated rings. The molecule has 0 heterocycles. The summed E-state index contributed by atoms with van der Waals surface area (Å²) in [6.45, 7) is 7.11. The molecule has 2 unspecified atom stereocenters. The van der Waals surface area contributed by atoms with E-state index in [-0.39, 0.29) is 12.7 Å². The predicted molar refractivity (Wildman–Crippen MR) is 105 cm³/mol. The van der Waals surface area contributed by atoms with Gasteiger partial charge in [-0.2, -0.15) is 0 Å². The van der Waals surface area contributed by atoms with Gasteiger partial charge >= 0.3 is 5.97 Å². The van der Waals surface area contributed by atoms with Gasteiger partial charge in [0.15, 0.2) is 0 Å². The first-order valence-corrected chi connectivity index (χ1v) is 8.91. The SMILES string of the molecule is C=CC(=O)Oc1cccc2c1Cc1ccccc1-2.CC(O)COC(C)CO. The number of carbonyl (C=O) groups excluding carboxylic acids is 1. The number of benzene rings is 2. The van der Waals surface area contributed by atoms with Crippen molar-refractivity contribution in [3.05, 3.63) is 66.2 Å². The van der Waals surface area contributed by atoms with Crippen molar-refractivity contribution in [2.24, 2.45) is 0 Å². The smallest absolute Gasteiger partial charge is 0.335 e. The van der Waals surface area contributed by atoms with E-state index >= 15 is 0 Å². The highest BCUT2D eigenvalue weighted by Gasteiger charge is 2.21. The number of fused-ring (bicyclic) bond motifs is 3. The molecule has 2 atom stereocenters. The van der Waals surface area contributed by atoms with Crippen molar-refractivity contribution in [1.82, 2.24) is 0 Å². The molecule has 0 amide bonds. The molecule has 0 saturated carbocycles. The number of hydrogen-bond donors (Lipinski definition) is 2. The van der Waals surface area contributed by atoms with Gasteiger partial charge < -0.3 is 19.7 Å². The molecule has 0 spiro atoms. The molecule has 0 radical (unpaired) electrons. The van der Waals surface area contributed by atoms with E-state index in [0.29, 0.717) is 12.4 Å². The molecule has 0 aromatic heterocycles. The summed E-state index contributed by atoms with van der Waals surface area (Å²) in [6, 6.07) is 14.1. The maximum absolute atomic E-state index is 11.3. The third-order valence-electron chi connectivity index (χ3n) is 4.06. The summed E-state index contributed by atoms with van der Waals surface area (Å²) in [5, 5.41) is 17.1. The van der Waals surface area contributed by atoms with Gasteiger partial charge in [-0.3, -0.25) is 0 Å². The lowest BCUT2D eigenvalue weighted by molar-refractivity contribution is -0.129. The molecular formula is C22H26O5. The minimum Gasteiger partial charge on any atom is -0.423 e. The second-order valence-corrected chi connectivity index (χ2v) is 6.42. The van der Waals surface area contributed by atoms with Crippen molar-refractivity contribution in [2.75, 3.05) is 13.2 Å². The Morgan fingerprint density at radius 3 is 2.56 bits per heavy atom. The zero-order valence-electron chi connectivity index (χ0n) is 15.7. The molecule has 144 valence electrons. The molecule has 0 aliphatic heterocycles. The quantitative estimate of drug-likeness (QED) is 0.396. The Bertz CT molecular complexity index is 782. The van der Waals surface area contributed by atoms with Crippen molar-refractivity contribution in [1.29, 1.82) is 0 Å². The van der Waals surface area contributed by atoms with E-state index in [2.05, 4.69) is 24.8 Å². The first-order valence-electron chi connectivity index (χ1n) is 8.91. The number of aliphatic hydroxyl groups is 2. The van der Waals surface area contributed by atoms with Crippen LogP contribution >= 0.6 is 0 Å². The van der Waals surface area contributed by atoms with Crippen LogP contribution in [0.4, 0.5) is 0 Å². The molecule has 1 aliphatic carbocycles. The average Bonchev–Trinajstić information content (AvgIpc) is 3.06. The largest absolute Gasteiger partial charge is 0.423 e. The number of esters is 1. The van der Waals surface area contributed by atoms with Crippen LogP contribution in [0.25, 0.3) is 11.1 Å². The molecule has 3 rings (SSSR count). The van der Waals surface area contributed by atoms with Crippen molar-refractivity contribution < 1.29 is 24.5 Å². The third-order valence-corrected chi connectivity index (χ3v) is 4.06. The summed E-state index contributed by atoms with van der Waals surface area (Å²) in [7, 11) is 0. The van der Waals surface area contributed by atoms with Gasteiger partial charge in [-0.25, -0.2) is 4.79 Å². The van der Waals surface area contributed by atoms with Crippen LogP contribution in [0.1, 0.15) is 25.0 Å². The second kappa shape index (κ2) is 10.0. The summed E-state index contributed by atoms with van der Waals surface area (Å²) >= 11 is 0. The molecule has 1 aliphatic rings. The van der Waals surface area contributed by atoms with Crippen LogP contribution in [-0.2, 0) is 16.0 Å². The van der Waals surface area contributed by atoms with Crippen molar-refractivity contribution in [3.63, 3.8) is 0 Å². The number of carbonyl (C=O) groups is 1. The first-order chi connectivity index (χ1) is 13.0. The first kappa shape index (κ1) is 20.8. The molecule has 27 heavy (non-hydrogen) atoms. The van der Waals surface area contributed by atoms with Gasteiger partial charge in [-0.05, 0) is 36.6 Å². The third kappa shape index (κ3) is 5.76. The zero-order chi connectivity index (χ0) is 19.8.